The van der Waals surface area contributed by atoms with Crippen LogP contribution in [0.5, 0.6) is 0 Å². The number of hydrogen-bond acceptors (Lipinski definition) is 4. The first kappa shape index (κ1) is 16.9. The van der Waals surface area contributed by atoms with E-state index in [1.165, 1.54) is 17.4 Å². The van der Waals surface area contributed by atoms with E-state index in [0.717, 1.165) is 29.5 Å². The smallest absolute Gasteiger partial charge is 0.333 e. The van der Waals surface area contributed by atoms with Crippen molar-refractivity contribution in [2.75, 3.05) is 17.6 Å². The van der Waals surface area contributed by atoms with Crippen LogP contribution < -0.4 is 16.7 Å². The van der Waals surface area contributed by atoms with Crippen LogP contribution in [0.4, 0.5) is 11.4 Å². The van der Waals surface area contributed by atoms with Gasteiger partial charge < -0.3 is 11.1 Å². The maximum Gasteiger partial charge on any atom is 0.333 e. The van der Waals surface area contributed by atoms with Crippen LogP contribution in [0.1, 0.15) is 49.3 Å². The van der Waals surface area contributed by atoms with E-state index in [-0.39, 0.29) is 16.9 Å². The van der Waals surface area contributed by atoms with Gasteiger partial charge in [-0.05, 0) is 48.8 Å². The number of nitrogens with one attached hydrogen (secondary N) is 1. The third-order valence-corrected chi connectivity index (χ3v) is 5.48. The van der Waals surface area contributed by atoms with Gasteiger partial charge in [-0.25, -0.2) is 4.79 Å². The summed E-state index contributed by atoms with van der Waals surface area (Å²) < 4.78 is 3.16. The number of benzene rings is 1. The number of carbonyl (C=O) groups excluding carboxylic acids is 1. The maximum atomic E-state index is 12.9. The SMILES string of the molecule is Cn1c2c(n(-c3ccc(N)c(NCC4CC4)c3)c1=O)CC(C)(C)CC2=O. The highest BCUT2D eigenvalue weighted by molar-refractivity contribution is 5.97. The Morgan fingerprint density at radius 3 is 2.65 bits per heavy atom. The molecule has 2 aliphatic carbocycles. The lowest BCUT2D eigenvalue weighted by Crippen LogP contribution is -2.29. The van der Waals surface area contributed by atoms with Crippen LogP contribution in [0.25, 0.3) is 5.69 Å². The largest absolute Gasteiger partial charge is 0.397 e. The van der Waals surface area contributed by atoms with Crippen LogP contribution in [-0.2, 0) is 13.5 Å². The van der Waals surface area contributed by atoms with E-state index in [1.54, 1.807) is 11.6 Å². The van der Waals surface area contributed by atoms with Gasteiger partial charge in [-0.15, -0.1) is 0 Å². The number of nitrogen functional groups attached to an aromatic ring is 1. The molecule has 0 radical (unpaired) electrons. The third-order valence-electron chi connectivity index (χ3n) is 5.48. The molecule has 1 aromatic heterocycles. The number of Topliss-reactive ketones (excluding diaryl/α,β-unsaturated/α-hetero) is 1. The van der Waals surface area contributed by atoms with Gasteiger partial charge >= 0.3 is 5.69 Å². The van der Waals surface area contributed by atoms with Gasteiger partial charge in [-0.3, -0.25) is 13.9 Å². The van der Waals surface area contributed by atoms with Crippen molar-refractivity contribution in [2.24, 2.45) is 18.4 Å². The summed E-state index contributed by atoms with van der Waals surface area (Å²) in [7, 11) is 1.68. The van der Waals surface area contributed by atoms with E-state index in [0.29, 0.717) is 24.2 Å². The second-order valence-corrected chi connectivity index (χ2v) is 8.51. The Bertz CT molecular complexity index is 947. The molecule has 2 aliphatic rings. The van der Waals surface area contributed by atoms with E-state index in [2.05, 4.69) is 19.2 Å². The normalized spacial score (nSPS) is 18.7. The monoisotopic (exact) mass is 354 g/mol. The first-order valence-corrected chi connectivity index (χ1v) is 9.24. The maximum absolute atomic E-state index is 12.9. The van der Waals surface area contributed by atoms with Crippen LogP contribution in [-0.4, -0.2) is 21.5 Å². The summed E-state index contributed by atoms with van der Waals surface area (Å²) in [6.07, 6.45) is 3.68. The molecular formula is C20H26N4O2. The minimum Gasteiger partial charge on any atom is -0.397 e. The number of aromatic nitrogens is 2. The van der Waals surface area contributed by atoms with Crippen LogP contribution in [0.3, 0.4) is 0 Å². The fourth-order valence-corrected chi connectivity index (χ4v) is 3.88. The van der Waals surface area contributed by atoms with Gasteiger partial charge in [0.1, 0.15) is 5.69 Å². The quantitative estimate of drug-likeness (QED) is 0.827. The molecule has 2 aromatic rings. The Morgan fingerprint density at radius 2 is 1.96 bits per heavy atom. The van der Waals surface area contributed by atoms with E-state index in [4.69, 9.17) is 5.73 Å². The third kappa shape index (κ3) is 2.83. The summed E-state index contributed by atoms with van der Waals surface area (Å²) in [5, 5.41) is 3.40. The van der Waals surface area contributed by atoms with E-state index >= 15 is 0 Å². The zero-order valence-corrected chi connectivity index (χ0v) is 15.6. The van der Waals surface area contributed by atoms with Gasteiger partial charge in [0.05, 0.1) is 22.8 Å². The average molecular weight is 354 g/mol. The van der Waals surface area contributed by atoms with Crippen molar-refractivity contribution in [2.45, 2.75) is 39.5 Å². The van der Waals surface area contributed by atoms with Crippen LogP contribution in [0.15, 0.2) is 23.0 Å². The van der Waals surface area contributed by atoms with Crippen LogP contribution >= 0.6 is 0 Å². The zero-order valence-electron chi connectivity index (χ0n) is 15.6. The second-order valence-electron chi connectivity index (χ2n) is 8.51. The Hall–Kier alpha value is -2.50. The summed E-state index contributed by atoms with van der Waals surface area (Å²) in [5.41, 5.74) is 9.39. The molecule has 1 aromatic carbocycles. The van der Waals surface area contributed by atoms with E-state index < -0.39 is 0 Å². The lowest BCUT2D eigenvalue weighted by atomic mass is 9.77. The Kier molecular flexibility index (Phi) is 3.75. The molecule has 1 heterocycles. The summed E-state index contributed by atoms with van der Waals surface area (Å²) in [5.74, 6) is 0.765. The molecule has 26 heavy (non-hydrogen) atoms. The van der Waals surface area contributed by atoms with Gasteiger partial charge in [0, 0.05) is 20.0 Å². The fraction of sp³-hybridized carbons (Fsp3) is 0.500. The number of imidazole rings is 1. The highest BCUT2D eigenvalue weighted by Crippen LogP contribution is 2.36. The lowest BCUT2D eigenvalue weighted by molar-refractivity contribution is 0.0901. The molecule has 138 valence electrons. The van der Waals surface area contributed by atoms with Crippen molar-refractivity contribution in [3.8, 4) is 5.69 Å². The number of ketones is 1. The number of anilines is 2. The number of hydrogen-bond donors (Lipinski definition) is 2. The summed E-state index contributed by atoms with van der Waals surface area (Å²) in [4.78, 5) is 25.5. The predicted molar refractivity (Wildman–Crippen MR) is 103 cm³/mol. The molecule has 1 saturated carbocycles. The first-order valence-electron chi connectivity index (χ1n) is 9.24. The van der Waals surface area contributed by atoms with Gasteiger partial charge in [0.15, 0.2) is 5.78 Å². The Balaban J connectivity index is 1.81. The van der Waals surface area contributed by atoms with Crippen molar-refractivity contribution in [1.29, 1.82) is 0 Å². The van der Waals surface area contributed by atoms with Crippen molar-refractivity contribution < 1.29 is 4.79 Å². The molecule has 3 N–H and O–H groups in total. The van der Waals surface area contributed by atoms with Gasteiger partial charge in [-0.2, -0.15) is 0 Å². The average Bonchev–Trinajstić information content (AvgIpc) is 3.34. The zero-order chi connectivity index (χ0) is 18.6. The standard InChI is InChI=1S/C20H26N4O2/c1-20(2)9-16-18(17(25)10-20)23(3)19(26)24(16)13-6-7-14(21)15(8-13)22-11-12-4-5-12/h6-8,12,22H,4-5,9-11,21H2,1-3H3. The van der Waals surface area contributed by atoms with Crippen LogP contribution in [0, 0.1) is 11.3 Å². The lowest BCUT2D eigenvalue weighted by Gasteiger charge is -2.29. The Labute approximate surface area is 153 Å². The topological polar surface area (TPSA) is 82.0 Å². The molecular weight excluding hydrogens is 328 g/mol. The minimum absolute atomic E-state index is 0.0390. The first-order chi connectivity index (χ1) is 12.3. The van der Waals surface area contributed by atoms with E-state index in [1.807, 2.05) is 18.2 Å². The van der Waals surface area contributed by atoms with Crippen LogP contribution in [0.2, 0.25) is 0 Å². The number of nitrogens with zero attached hydrogens (tertiary/aromatic N) is 2. The summed E-state index contributed by atoms with van der Waals surface area (Å²) in [6.45, 7) is 5.05. The molecule has 0 aliphatic heterocycles. The van der Waals surface area contributed by atoms with Gasteiger partial charge in [0.2, 0.25) is 0 Å². The van der Waals surface area contributed by atoms with Gasteiger partial charge in [0.25, 0.3) is 0 Å². The van der Waals surface area contributed by atoms with Crippen molar-refractivity contribution >= 4 is 17.2 Å². The molecule has 0 amide bonds. The molecule has 0 spiro atoms. The molecule has 4 rings (SSSR count). The molecule has 0 atom stereocenters. The second kappa shape index (κ2) is 5.76. The summed E-state index contributed by atoms with van der Waals surface area (Å²) >= 11 is 0. The number of fused-ring (bicyclic) bond motifs is 1. The highest BCUT2D eigenvalue weighted by Gasteiger charge is 2.36. The summed E-state index contributed by atoms with van der Waals surface area (Å²) in [6, 6.07) is 5.60. The number of carbonyl (C=O) groups is 1. The van der Waals surface area contributed by atoms with Crippen molar-refractivity contribution in [3.63, 3.8) is 0 Å². The van der Waals surface area contributed by atoms with Crippen molar-refractivity contribution in [1.82, 2.24) is 9.13 Å². The molecule has 6 nitrogen and oxygen atoms in total. The molecule has 6 heteroatoms. The highest BCUT2D eigenvalue weighted by atomic mass is 16.2. The Morgan fingerprint density at radius 1 is 1.23 bits per heavy atom. The molecule has 0 bridgehead atoms. The predicted octanol–water partition coefficient (Wildman–Crippen LogP) is 2.74. The molecule has 0 unspecified atom stereocenters. The minimum atomic E-state index is -0.182. The number of rotatable bonds is 4. The fourth-order valence-electron chi connectivity index (χ4n) is 3.88. The van der Waals surface area contributed by atoms with E-state index in [9.17, 15) is 9.59 Å². The van der Waals surface area contributed by atoms with Gasteiger partial charge in [-0.1, -0.05) is 13.8 Å². The molecule has 1 fully saturated rings. The number of nitrogens with two attached hydrogens (primary N) is 1. The molecule has 0 saturated heterocycles. The van der Waals surface area contributed by atoms with Crippen molar-refractivity contribution in [3.05, 3.63) is 40.1 Å².